The monoisotopic (exact) mass is 383 g/mol. The Bertz CT molecular complexity index is 1010. The zero-order valence-corrected chi connectivity index (χ0v) is 15.1. The zero-order valence-electron chi connectivity index (χ0n) is 14.2. The van der Waals surface area contributed by atoms with Crippen LogP contribution in [0.15, 0.2) is 72.3 Å². The van der Waals surface area contributed by atoms with E-state index in [1.165, 1.54) is 24.5 Å². The van der Waals surface area contributed by atoms with Gasteiger partial charge < -0.3 is 5.32 Å². The van der Waals surface area contributed by atoms with E-state index < -0.39 is 15.9 Å². The van der Waals surface area contributed by atoms with Crippen LogP contribution in [-0.2, 0) is 23.1 Å². The molecule has 9 heteroatoms. The van der Waals surface area contributed by atoms with Crippen molar-refractivity contribution in [3.05, 3.63) is 84.2 Å². The molecule has 0 fully saturated rings. The molecule has 2 N–H and O–H groups in total. The van der Waals surface area contributed by atoms with Crippen molar-refractivity contribution in [2.45, 2.75) is 18.0 Å². The van der Waals surface area contributed by atoms with E-state index in [0.29, 0.717) is 5.69 Å². The summed E-state index contributed by atoms with van der Waals surface area (Å²) in [5, 5.41) is 2.70. The summed E-state index contributed by atoms with van der Waals surface area (Å²) in [4.78, 5) is 24.1. The molecule has 0 saturated carbocycles. The highest BCUT2D eigenvalue weighted by molar-refractivity contribution is 7.89. The fourth-order valence-electron chi connectivity index (χ4n) is 2.26. The Kier molecular flexibility index (Phi) is 5.84. The molecule has 1 amide bonds. The SMILES string of the molecule is O=C(NCc1ccncn1)c1cccc(S(=O)(=O)NCc2cccnc2)c1. The lowest BCUT2D eigenvalue weighted by molar-refractivity contribution is 0.0950. The third kappa shape index (κ3) is 5.16. The molecule has 0 aliphatic rings. The maximum Gasteiger partial charge on any atom is 0.251 e. The van der Waals surface area contributed by atoms with Crippen molar-refractivity contribution in [3.8, 4) is 0 Å². The summed E-state index contributed by atoms with van der Waals surface area (Å²) < 4.78 is 27.5. The van der Waals surface area contributed by atoms with Gasteiger partial charge in [-0.1, -0.05) is 12.1 Å². The summed E-state index contributed by atoms with van der Waals surface area (Å²) in [6.07, 6.45) is 6.17. The molecule has 0 radical (unpaired) electrons. The van der Waals surface area contributed by atoms with Crippen LogP contribution in [0.3, 0.4) is 0 Å². The van der Waals surface area contributed by atoms with E-state index in [1.807, 2.05) is 0 Å². The molecule has 27 heavy (non-hydrogen) atoms. The van der Waals surface area contributed by atoms with Gasteiger partial charge in [0, 0.05) is 30.7 Å². The topological polar surface area (TPSA) is 114 Å². The minimum atomic E-state index is -3.76. The number of carbonyl (C=O) groups is 1. The van der Waals surface area contributed by atoms with Gasteiger partial charge in [0.2, 0.25) is 10.0 Å². The molecule has 0 atom stereocenters. The lowest BCUT2D eigenvalue weighted by Crippen LogP contribution is -2.25. The average Bonchev–Trinajstić information content (AvgIpc) is 2.72. The third-order valence-electron chi connectivity index (χ3n) is 3.67. The van der Waals surface area contributed by atoms with Crippen LogP contribution in [0.1, 0.15) is 21.6 Å². The quantitative estimate of drug-likeness (QED) is 0.635. The minimum absolute atomic E-state index is 0.0149. The molecule has 8 nitrogen and oxygen atoms in total. The molecular weight excluding hydrogens is 366 g/mol. The number of nitrogens with one attached hydrogen (secondary N) is 2. The number of benzene rings is 1. The van der Waals surface area contributed by atoms with E-state index in [2.05, 4.69) is 25.0 Å². The predicted molar refractivity (Wildman–Crippen MR) is 97.9 cm³/mol. The van der Waals surface area contributed by atoms with Crippen molar-refractivity contribution in [2.75, 3.05) is 0 Å². The van der Waals surface area contributed by atoms with Gasteiger partial charge in [0.1, 0.15) is 6.33 Å². The number of sulfonamides is 1. The number of amides is 1. The van der Waals surface area contributed by atoms with Gasteiger partial charge in [-0.25, -0.2) is 23.1 Å². The van der Waals surface area contributed by atoms with E-state index in [9.17, 15) is 13.2 Å². The first-order valence-corrected chi connectivity index (χ1v) is 9.55. The van der Waals surface area contributed by atoms with Crippen molar-refractivity contribution >= 4 is 15.9 Å². The smallest absolute Gasteiger partial charge is 0.251 e. The van der Waals surface area contributed by atoms with Crippen LogP contribution in [0.2, 0.25) is 0 Å². The fraction of sp³-hybridized carbons (Fsp3) is 0.111. The lowest BCUT2D eigenvalue weighted by Gasteiger charge is -2.09. The molecule has 3 aromatic rings. The van der Waals surface area contributed by atoms with E-state index in [1.54, 1.807) is 42.9 Å². The Morgan fingerprint density at radius 2 is 1.89 bits per heavy atom. The lowest BCUT2D eigenvalue weighted by atomic mass is 10.2. The molecule has 0 spiro atoms. The largest absolute Gasteiger partial charge is 0.346 e. The first-order chi connectivity index (χ1) is 13.0. The summed E-state index contributed by atoms with van der Waals surface area (Å²) in [5.74, 6) is -0.391. The van der Waals surface area contributed by atoms with Gasteiger partial charge in [0.05, 0.1) is 17.1 Å². The maximum atomic E-state index is 12.5. The molecule has 3 rings (SSSR count). The first-order valence-electron chi connectivity index (χ1n) is 8.06. The van der Waals surface area contributed by atoms with Gasteiger partial charge in [0.15, 0.2) is 0 Å². The van der Waals surface area contributed by atoms with Crippen molar-refractivity contribution in [1.29, 1.82) is 0 Å². The summed E-state index contributed by atoms with van der Waals surface area (Å²) in [6, 6.07) is 11.0. The number of aromatic nitrogens is 3. The highest BCUT2D eigenvalue weighted by Crippen LogP contribution is 2.12. The van der Waals surface area contributed by atoms with Crippen molar-refractivity contribution < 1.29 is 13.2 Å². The van der Waals surface area contributed by atoms with Crippen LogP contribution in [0, 0.1) is 0 Å². The van der Waals surface area contributed by atoms with E-state index in [0.717, 1.165) is 5.56 Å². The highest BCUT2D eigenvalue weighted by Gasteiger charge is 2.16. The second kappa shape index (κ2) is 8.47. The van der Waals surface area contributed by atoms with E-state index in [4.69, 9.17) is 0 Å². The molecule has 0 unspecified atom stereocenters. The summed E-state index contributed by atoms with van der Waals surface area (Å²) in [6.45, 7) is 0.331. The van der Waals surface area contributed by atoms with Gasteiger partial charge in [-0.3, -0.25) is 9.78 Å². The van der Waals surface area contributed by atoms with Crippen molar-refractivity contribution in [2.24, 2.45) is 0 Å². The zero-order chi connectivity index (χ0) is 19.1. The molecule has 0 bridgehead atoms. The van der Waals surface area contributed by atoms with Crippen molar-refractivity contribution in [1.82, 2.24) is 25.0 Å². The second-order valence-electron chi connectivity index (χ2n) is 5.60. The first kappa shape index (κ1) is 18.6. The van der Waals surface area contributed by atoms with Crippen LogP contribution >= 0.6 is 0 Å². The average molecular weight is 383 g/mol. The Hall–Kier alpha value is -3.17. The van der Waals surface area contributed by atoms with E-state index >= 15 is 0 Å². The van der Waals surface area contributed by atoms with Crippen LogP contribution in [0.4, 0.5) is 0 Å². The second-order valence-corrected chi connectivity index (χ2v) is 7.36. The Balaban J connectivity index is 1.67. The number of nitrogens with zero attached hydrogens (tertiary/aromatic N) is 3. The molecular formula is C18H17N5O3S. The molecule has 2 heterocycles. The molecule has 2 aromatic heterocycles. The minimum Gasteiger partial charge on any atom is -0.346 e. The summed E-state index contributed by atoms with van der Waals surface area (Å²) in [5.41, 5.74) is 1.63. The number of rotatable bonds is 7. The number of hydrogen-bond acceptors (Lipinski definition) is 6. The normalized spacial score (nSPS) is 11.1. The van der Waals surface area contributed by atoms with Gasteiger partial charge in [-0.05, 0) is 35.9 Å². The number of pyridine rings is 1. The highest BCUT2D eigenvalue weighted by atomic mass is 32.2. The Morgan fingerprint density at radius 1 is 1.00 bits per heavy atom. The fourth-order valence-corrected chi connectivity index (χ4v) is 3.33. The van der Waals surface area contributed by atoms with E-state index in [-0.39, 0.29) is 23.5 Å². The Morgan fingerprint density at radius 3 is 2.63 bits per heavy atom. The van der Waals surface area contributed by atoms with Gasteiger partial charge >= 0.3 is 0 Å². The maximum absolute atomic E-state index is 12.5. The Labute approximate surface area is 156 Å². The van der Waals surface area contributed by atoms with Crippen LogP contribution in [0.5, 0.6) is 0 Å². The molecule has 0 aliphatic carbocycles. The molecule has 138 valence electrons. The summed E-state index contributed by atoms with van der Waals surface area (Å²) >= 11 is 0. The van der Waals surface area contributed by atoms with Gasteiger partial charge in [0.25, 0.3) is 5.91 Å². The molecule has 0 saturated heterocycles. The third-order valence-corrected chi connectivity index (χ3v) is 5.07. The van der Waals surface area contributed by atoms with Crippen LogP contribution in [-0.4, -0.2) is 29.3 Å². The number of hydrogen-bond donors (Lipinski definition) is 2. The summed E-state index contributed by atoms with van der Waals surface area (Å²) in [7, 11) is -3.76. The molecule has 0 aliphatic heterocycles. The van der Waals surface area contributed by atoms with Gasteiger partial charge in [-0.15, -0.1) is 0 Å². The van der Waals surface area contributed by atoms with Gasteiger partial charge in [-0.2, -0.15) is 0 Å². The van der Waals surface area contributed by atoms with Crippen LogP contribution < -0.4 is 10.0 Å². The standard InChI is InChI=1S/C18H17N5O3S/c24-18(21-12-16-6-8-20-13-22-16)15-4-1-5-17(9-15)27(25,26)23-11-14-3-2-7-19-10-14/h1-10,13,23H,11-12H2,(H,21,24). The molecule has 1 aromatic carbocycles. The van der Waals surface area contributed by atoms with Crippen LogP contribution in [0.25, 0.3) is 0 Å². The number of carbonyl (C=O) groups excluding carboxylic acids is 1. The predicted octanol–water partition coefficient (Wildman–Crippen LogP) is 1.28. The van der Waals surface area contributed by atoms with Crippen molar-refractivity contribution in [3.63, 3.8) is 0 Å².